The highest BCUT2D eigenvalue weighted by atomic mass is 35.5. The van der Waals surface area contributed by atoms with Crippen LogP contribution in [0.25, 0.3) is 16.9 Å². The second-order valence-electron chi connectivity index (χ2n) is 6.45. The third kappa shape index (κ3) is 3.29. The Morgan fingerprint density at radius 3 is 2.64 bits per heavy atom. The molecular formula is C17H20ClN6O+. The molecule has 0 amide bonds. The SMILES string of the molecule is O=c1c2nnn(-c3ccc(Cl)cc3)c2ncn1CC[NH+]1CCCCC1. The molecule has 25 heavy (non-hydrogen) atoms. The van der Waals surface area contributed by atoms with Crippen LogP contribution in [0.4, 0.5) is 0 Å². The zero-order valence-corrected chi connectivity index (χ0v) is 14.6. The first-order chi connectivity index (χ1) is 12.2. The number of fused-ring (bicyclic) bond motifs is 1. The van der Waals surface area contributed by atoms with Crippen molar-refractivity contribution in [2.75, 3.05) is 19.6 Å². The molecule has 130 valence electrons. The third-order valence-electron chi connectivity index (χ3n) is 4.77. The van der Waals surface area contributed by atoms with Gasteiger partial charge in [-0.3, -0.25) is 9.36 Å². The molecule has 1 aliphatic heterocycles. The fourth-order valence-corrected chi connectivity index (χ4v) is 3.47. The molecule has 1 N–H and O–H groups in total. The van der Waals surface area contributed by atoms with Crippen LogP contribution in [0.15, 0.2) is 35.4 Å². The highest BCUT2D eigenvalue weighted by Gasteiger charge is 2.16. The number of nitrogens with zero attached hydrogens (tertiary/aromatic N) is 5. The van der Waals surface area contributed by atoms with Gasteiger partial charge in [-0.25, -0.2) is 4.98 Å². The monoisotopic (exact) mass is 359 g/mol. The number of nitrogens with one attached hydrogen (secondary N) is 1. The summed E-state index contributed by atoms with van der Waals surface area (Å²) in [6, 6.07) is 7.19. The molecule has 8 heteroatoms. The summed E-state index contributed by atoms with van der Waals surface area (Å²) in [7, 11) is 0. The molecule has 4 rings (SSSR count). The van der Waals surface area contributed by atoms with E-state index in [1.165, 1.54) is 32.4 Å². The minimum atomic E-state index is -0.137. The molecule has 3 heterocycles. The Labute approximate surface area is 149 Å². The number of halogens is 1. The Morgan fingerprint density at radius 2 is 1.88 bits per heavy atom. The van der Waals surface area contributed by atoms with Gasteiger partial charge in [0.2, 0.25) is 0 Å². The van der Waals surface area contributed by atoms with Crippen LogP contribution < -0.4 is 10.5 Å². The lowest BCUT2D eigenvalue weighted by Gasteiger charge is -2.23. The second kappa shape index (κ2) is 6.93. The summed E-state index contributed by atoms with van der Waals surface area (Å²) < 4.78 is 3.21. The van der Waals surface area contributed by atoms with Gasteiger partial charge in [-0.05, 0) is 43.5 Å². The molecule has 2 aromatic heterocycles. The van der Waals surface area contributed by atoms with Crippen molar-refractivity contribution < 1.29 is 4.90 Å². The lowest BCUT2D eigenvalue weighted by Crippen LogP contribution is -3.13. The summed E-state index contributed by atoms with van der Waals surface area (Å²) in [6.07, 6.45) is 5.47. The molecular weight excluding hydrogens is 340 g/mol. The van der Waals surface area contributed by atoms with Crippen LogP contribution >= 0.6 is 11.6 Å². The standard InChI is InChI=1S/C17H19ClN6O/c18-13-4-6-14(7-5-13)24-16-15(20-21-24)17(25)23(12-19-16)11-10-22-8-2-1-3-9-22/h4-7,12H,1-3,8-11H2/p+1. The first-order valence-corrected chi connectivity index (χ1v) is 9.00. The van der Waals surface area contributed by atoms with Crippen molar-refractivity contribution in [1.82, 2.24) is 24.5 Å². The van der Waals surface area contributed by atoms with E-state index < -0.39 is 0 Å². The number of hydrogen-bond donors (Lipinski definition) is 1. The van der Waals surface area contributed by atoms with Crippen molar-refractivity contribution in [2.24, 2.45) is 0 Å². The van der Waals surface area contributed by atoms with Gasteiger partial charge in [0, 0.05) is 5.02 Å². The number of likely N-dealkylation sites (tertiary alicyclic amines) is 1. The van der Waals surface area contributed by atoms with E-state index in [0.717, 1.165) is 12.2 Å². The van der Waals surface area contributed by atoms with Crippen molar-refractivity contribution in [3.05, 3.63) is 46.0 Å². The van der Waals surface area contributed by atoms with Crippen LogP contribution in [0.3, 0.4) is 0 Å². The summed E-state index contributed by atoms with van der Waals surface area (Å²) in [5.41, 5.74) is 1.40. The van der Waals surface area contributed by atoms with Crippen LogP contribution in [0.2, 0.25) is 5.02 Å². The van der Waals surface area contributed by atoms with E-state index in [4.69, 9.17) is 11.6 Å². The Morgan fingerprint density at radius 1 is 1.12 bits per heavy atom. The number of piperidine rings is 1. The van der Waals surface area contributed by atoms with Crippen molar-refractivity contribution in [2.45, 2.75) is 25.8 Å². The van der Waals surface area contributed by atoms with Gasteiger partial charge >= 0.3 is 0 Å². The van der Waals surface area contributed by atoms with E-state index in [2.05, 4.69) is 15.3 Å². The molecule has 0 unspecified atom stereocenters. The van der Waals surface area contributed by atoms with Gasteiger partial charge in [-0.15, -0.1) is 5.10 Å². The van der Waals surface area contributed by atoms with Crippen molar-refractivity contribution in [3.63, 3.8) is 0 Å². The normalized spacial score (nSPS) is 15.7. The van der Waals surface area contributed by atoms with E-state index in [1.807, 2.05) is 12.1 Å². The third-order valence-corrected chi connectivity index (χ3v) is 5.02. The summed E-state index contributed by atoms with van der Waals surface area (Å²) in [5, 5.41) is 8.78. The number of benzene rings is 1. The Bertz CT molecular complexity index is 926. The van der Waals surface area contributed by atoms with Gasteiger partial charge in [0.15, 0.2) is 11.2 Å². The second-order valence-corrected chi connectivity index (χ2v) is 6.89. The molecule has 0 bridgehead atoms. The van der Waals surface area contributed by atoms with Gasteiger partial charge in [-0.2, -0.15) is 4.68 Å². The van der Waals surface area contributed by atoms with Crippen molar-refractivity contribution in [1.29, 1.82) is 0 Å². The summed E-state index contributed by atoms with van der Waals surface area (Å²) in [5.74, 6) is 0. The van der Waals surface area contributed by atoms with Crippen LogP contribution in [0.1, 0.15) is 19.3 Å². The average Bonchev–Trinajstić information content (AvgIpc) is 3.08. The average molecular weight is 360 g/mol. The first-order valence-electron chi connectivity index (χ1n) is 8.63. The van der Waals surface area contributed by atoms with E-state index in [9.17, 15) is 4.79 Å². The number of quaternary nitrogens is 1. The summed E-state index contributed by atoms with van der Waals surface area (Å²) >= 11 is 5.92. The molecule has 0 spiro atoms. The fourth-order valence-electron chi connectivity index (χ4n) is 3.34. The smallest absolute Gasteiger partial charge is 0.283 e. The van der Waals surface area contributed by atoms with E-state index in [1.54, 1.807) is 32.6 Å². The molecule has 1 aromatic carbocycles. The molecule has 0 aliphatic carbocycles. The predicted molar refractivity (Wildman–Crippen MR) is 95.3 cm³/mol. The molecule has 0 saturated carbocycles. The van der Waals surface area contributed by atoms with Gasteiger partial charge in [-0.1, -0.05) is 16.8 Å². The maximum Gasteiger partial charge on any atom is 0.283 e. The highest BCUT2D eigenvalue weighted by Crippen LogP contribution is 2.15. The van der Waals surface area contributed by atoms with Crippen LogP contribution in [0, 0.1) is 0 Å². The fraction of sp³-hybridized carbons (Fsp3) is 0.412. The van der Waals surface area contributed by atoms with Crippen LogP contribution in [0.5, 0.6) is 0 Å². The minimum Gasteiger partial charge on any atom is -0.333 e. The van der Waals surface area contributed by atoms with E-state index >= 15 is 0 Å². The number of hydrogen-bond acceptors (Lipinski definition) is 4. The number of aromatic nitrogens is 5. The van der Waals surface area contributed by atoms with Crippen LogP contribution in [-0.4, -0.2) is 44.2 Å². The van der Waals surface area contributed by atoms with Gasteiger partial charge < -0.3 is 4.90 Å². The molecule has 1 saturated heterocycles. The first kappa shape index (κ1) is 16.2. The van der Waals surface area contributed by atoms with E-state index in [0.29, 0.717) is 22.7 Å². The molecule has 0 atom stereocenters. The van der Waals surface area contributed by atoms with Crippen LogP contribution in [-0.2, 0) is 6.54 Å². The highest BCUT2D eigenvalue weighted by molar-refractivity contribution is 6.30. The predicted octanol–water partition coefficient (Wildman–Crippen LogP) is 0.699. The van der Waals surface area contributed by atoms with Gasteiger partial charge in [0.1, 0.15) is 6.33 Å². The lowest BCUT2D eigenvalue weighted by atomic mass is 10.1. The molecule has 1 fully saturated rings. The zero-order valence-electron chi connectivity index (χ0n) is 13.9. The summed E-state index contributed by atoms with van der Waals surface area (Å²) in [4.78, 5) is 18.7. The zero-order chi connectivity index (χ0) is 17.2. The molecule has 0 radical (unpaired) electrons. The van der Waals surface area contributed by atoms with Gasteiger partial charge in [0.25, 0.3) is 5.56 Å². The maximum absolute atomic E-state index is 12.7. The van der Waals surface area contributed by atoms with E-state index in [-0.39, 0.29) is 5.56 Å². The Balaban J connectivity index is 1.60. The van der Waals surface area contributed by atoms with Crippen molar-refractivity contribution >= 4 is 22.8 Å². The van der Waals surface area contributed by atoms with Gasteiger partial charge in [0.05, 0.1) is 31.9 Å². The molecule has 1 aliphatic rings. The maximum atomic E-state index is 12.7. The summed E-state index contributed by atoms with van der Waals surface area (Å²) in [6.45, 7) is 3.98. The quantitative estimate of drug-likeness (QED) is 0.744. The minimum absolute atomic E-state index is 0.137. The lowest BCUT2D eigenvalue weighted by molar-refractivity contribution is -0.905. The Hall–Kier alpha value is -2.25. The Kier molecular flexibility index (Phi) is 4.50. The molecule has 7 nitrogen and oxygen atoms in total. The number of rotatable bonds is 4. The van der Waals surface area contributed by atoms with Crippen molar-refractivity contribution in [3.8, 4) is 5.69 Å². The topological polar surface area (TPSA) is 70.0 Å². The molecule has 3 aromatic rings. The largest absolute Gasteiger partial charge is 0.333 e.